The maximum absolute atomic E-state index is 9.70. The number of aliphatic hydroxyl groups is 1. The number of nitrogens with zero attached hydrogens (tertiary/aromatic N) is 1. The van der Waals surface area contributed by atoms with E-state index in [9.17, 15) is 5.11 Å². The Kier molecular flexibility index (Phi) is 4.87. The zero-order chi connectivity index (χ0) is 16.5. The van der Waals surface area contributed by atoms with Crippen molar-refractivity contribution in [2.75, 3.05) is 13.7 Å². The first kappa shape index (κ1) is 17.3. The molecule has 1 aromatic rings. The topological polar surface area (TPSA) is 60.8 Å². The van der Waals surface area contributed by atoms with Gasteiger partial charge in [-0.05, 0) is 39.2 Å². The highest BCUT2D eigenvalue weighted by Gasteiger charge is 2.52. The number of hydrogen-bond acceptors (Lipinski definition) is 5. The summed E-state index contributed by atoms with van der Waals surface area (Å²) in [6.45, 7) is 7.65. The first-order valence-electron chi connectivity index (χ1n) is 7.06. The van der Waals surface area contributed by atoms with Crippen LogP contribution in [0.2, 0.25) is 5.02 Å². The number of aromatic nitrogens is 1. The molecule has 1 aromatic heterocycles. The summed E-state index contributed by atoms with van der Waals surface area (Å²) >= 11 is 5.98. The molecule has 1 fully saturated rings. The molecule has 1 saturated heterocycles. The third kappa shape index (κ3) is 3.30. The van der Waals surface area contributed by atoms with Gasteiger partial charge in [-0.2, -0.15) is 0 Å². The van der Waals surface area contributed by atoms with Crippen LogP contribution in [0, 0.1) is 0 Å². The third-order valence-electron chi connectivity index (χ3n) is 4.12. The second-order valence-electron chi connectivity index (χ2n) is 6.22. The van der Waals surface area contributed by atoms with Gasteiger partial charge in [-0.25, -0.2) is 4.98 Å². The molecule has 120 valence electrons. The summed E-state index contributed by atoms with van der Waals surface area (Å²) in [5.41, 5.74) is 0.306. The van der Waals surface area contributed by atoms with Crippen LogP contribution in [0.4, 0.5) is 0 Å². The molecular weight excluding hydrogens is 304 g/mol. The van der Waals surface area contributed by atoms with Crippen LogP contribution in [-0.2, 0) is 9.31 Å². The van der Waals surface area contributed by atoms with Gasteiger partial charge in [-0.3, -0.25) is 0 Å². The summed E-state index contributed by atoms with van der Waals surface area (Å²) in [5.74, 6) is 0.423. The summed E-state index contributed by atoms with van der Waals surface area (Å²) in [6, 6.07) is 1.72. The maximum Gasteiger partial charge on any atom is 0.492 e. The van der Waals surface area contributed by atoms with E-state index < -0.39 is 18.3 Å². The Morgan fingerprint density at radius 2 is 1.95 bits per heavy atom. The molecule has 0 spiro atoms. The number of halogens is 1. The van der Waals surface area contributed by atoms with E-state index in [-0.39, 0.29) is 6.61 Å². The van der Waals surface area contributed by atoms with Crippen molar-refractivity contribution in [3.05, 3.63) is 28.3 Å². The van der Waals surface area contributed by atoms with Crippen molar-refractivity contribution >= 4 is 24.8 Å². The molecule has 1 N–H and O–H groups in total. The van der Waals surface area contributed by atoms with Crippen LogP contribution < -0.4 is 4.74 Å². The minimum absolute atomic E-state index is 0.202. The minimum Gasteiger partial charge on any atom is -0.481 e. The first-order valence-corrected chi connectivity index (χ1v) is 7.44. The van der Waals surface area contributed by atoms with E-state index in [1.165, 1.54) is 13.3 Å². The lowest BCUT2D eigenvalue weighted by atomic mass is 9.77. The highest BCUT2D eigenvalue weighted by atomic mass is 35.5. The van der Waals surface area contributed by atoms with Gasteiger partial charge >= 0.3 is 7.12 Å². The largest absolute Gasteiger partial charge is 0.492 e. The molecule has 0 amide bonds. The van der Waals surface area contributed by atoms with Crippen LogP contribution in [0.5, 0.6) is 5.88 Å². The highest BCUT2D eigenvalue weighted by molar-refractivity contribution is 6.55. The van der Waals surface area contributed by atoms with E-state index in [1.54, 1.807) is 12.1 Å². The SMILES string of the molecule is COc1ncc(Cl)cc1C=C(CO)B1OC(C)(C)C(C)(C)O1. The standard InChI is InChI=1S/C15H21BClNO4/c1-14(2)15(3,4)22-16(21-14)11(9-19)6-10-7-12(17)8-18-13(10)20-5/h6-8,19H,9H2,1-5H3. The molecule has 0 atom stereocenters. The van der Waals surface area contributed by atoms with E-state index >= 15 is 0 Å². The number of ether oxygens (including phenoxy) is 1. The number of methoxy groups -OCH3 is 1. The third-order valence-corrected chi connectivity index (χ3v) is 4.32. The van der Waals surface area contributed by atoms with Crippen LogP contribution in [0.15, 0.2) is 17.7 Å². The lowest BCUT2D eigenvalue weighted by molar-refractivity contribution is 0.00578. The molecule has 7 heteroatoms. The molecule has 0 saturated carbocycles. The van der Waals surface area contributed by atoms with Gasteiger partial charge in [0.1, 0.15) is 0 Å². The van der Waals surface area contributed by atoms with Crippen molar-refractivity contribution < 1.29 is 19.2 Å². The van der Waals surface area contributed by atoms with Gasteiger partial charge in [-0.1, -0.05) is 17.7 Å². The summed E-state index contributed by atoms with van der Waals surface area (Å²) in [5, 5.41) is 10.2. The molecule has 22 heavy (non-hydrogen) atoms. The first-order chi connectivity index (χ1) is 10.2. The quantitative estimate of drug-likeness (QED) is 0.863. The fraction of sp³-hybridized carbons (Fsp3) is 0.533. The van der Waals surface area contributed by atoms with Crippen molar-refractivity contribution in [3.63, 3.8) is 0 Å². The van der Waals surface area contributed by atoms with Crippen molar-refractivity contribution in [1.82, 2.24) is 4.98 Å². The Morgan fingerprint density at radius 1 is 1.36 bits per heavy atom. The van der Waals surface area contributed by atoms with E-state index in [2.05, 4.69) is 4.98 Å². The molecule has 0 aromatic carbocycles. The Balaban J connectivity index is 2.35. The van der Waals surface area contributed by atoms with Gasteiger partial charge in [-0.15, -0.1) is 0 Å². The smallest absolute Gasteiger partial charge is 0.481 e. The second-order valence-corrected chi connectivity index (χ2v) is 6.65. The Bertz CT molecular complexity index is 573. The van der Waals surface area contributed by atoms with Gasteiger partial charge in [0.05, 0.1) is 29.9 Å². The van der Waals surface area contributed by atoms with E-state index in [0.29, 0.717) is 21.9 Å². The van der Waals surface area contributed by atoms with E-state index in [1.807, 2.05) is 27.7 Å². The minimum atomic E-state index is -0.626. The van der Waals surface area contributed by atoms with Gasteiger partial charge < -0.3 is 19.2 Å². The van der Waals surface area contributed by atoms with Crippen molar-refractivity contribution in [2.24, 2.45) is 0 Å². The summed E-state index contributed by atoms with van der Waals surface area (Å²) < 4.78 is 17.1. The van der Waals surface area contributed by atoms with Crippen LogP contribution in [0.3, 0.4) is 0 Å². The molecule has 0 bridgehead atoms. The van der Waals surface area contributed by atoms with Crippen LogP contribution >= 0.6 is 11.6 Å². The Hall–Kier alpha value is -1.08. The zero-order valence-electron chi connectivity index (χ0n) is 13.5. The van der Waals surface area contributed by atoms with Crippen LogP contribution in [0.25, 0.3) is 6.08 Å². The zero-order valence-corrected chi connectivity index (χ0v) is 14.3. The van der Waals surface area contributed by atoms with Crippen molar-refractivity contribution in [3.8, 4) is 5.88 Å². The molecule has 5 nitrogen and oxygen atoms in total. The Morgan fingerprint density at radius 3 is 2.45 bits per heavy atom. The number of aliphatic hydroxyl groups excluding tert-OH is 1. The molecule has 1 aliphatic heterocycles. The van der Waals surface area contributed by atoms with Gasteiger partial charge in [0.25, 0.3) is 0 Å². The molecule has 2 heterocycles. The van der Waals surface area contributed by atoms with Crippen molar-refractivity contribution in [2.45, 2.75) is 38.9 Å². The Labute approximate surface area is 136 Å². The number of hydrogen-bond donors (Lipinski definition) is 1. The van der Waals surface area contributed by atoms with Crippen LogP contribution in [0.1, 0.15) is 33.3 Å². The van der Waals surface area contributed by atoms with Crippen LogP contribution in [-0.4, -0.2) is 42.1 Å². The molecule has 1 aliphatic rings. The predicted octanol–water partition coefficient (Wildman–Crippen LogP) is 2.75. The summed E-state index contributed by atoms with van der Waals surface area (Å²) in [4.78, 5) is 4.11. The van der Waals surface area contributed by atoms with Gasteiger partial charge in [0.2, 0.25) is 5.88 Å². The lowest BCUT2D eigenvalue weighted by Crippen LogP contribution is -2.41. The average Bonchev–Trinajstić information content (AvgIpc) is 2.64. The molecule has 0 aliphatic carbocycles. The van der Waals surface area contributed by atoms with E-state index in [0.717, 1.165) is 0 Å². The number of rotatable bonds is 4. The van der Waals surface area contributed by atoms with Gasteiger partial charge in [0.15, 0.2) is 0 Å². The lowest BCUT2D eigenvalue weighted by Gasteiger charge is -2.32. The molecular formula is C15H21BClNO4. The highest BCUT2D eigenvalue weighted by Crippen LogP contribution is 2.39. The maximum atomic E-state index is 9.70. The van der Waals surface area contributed by atoms with Gasteiger partial charge in [0, 0.05) is 11.8 Å². The molecule has 0 radical (unpaired) electrons. The predicted molar refractivity (Wildman–Crippen MR) is 86.9 cm³/mol. The molecule has 0 unspecified atom stereocenters. The number of pyridine rings is 1. The monoisotopic (exact) mass is 325 g/mol. The fourth-order valence-electron chi connectivity index (χ4n) is 2.10. The summed E-state index contributed by atoms with van der Waals surface area (Å²) in [7, 11) is 0.903. The van der Waals surface area contributed by atoms with Crippen molar-refractivity contribution in [1.29, 1.82) is 0 Å². The normalized spacial score (nSPS) is 20.3. The van der Waals surface area contributed by atoms with E-state index in [4.69, 9.17) is 25.6 Å². The second kappa shape index (κ2) is 6.20. The summed E-state index contributed by atoms with van der Waals surface area (Å²) in [6.07, 6.45) is 3.24. The fourth-order valence-corrected chi connectivity index (χ4v) is 2.27. The molecule has 2 rings (SSSR count). The average molecular weight is 326 g/mol.